The number of aryl methyl sites for hydroxylation is 1. The van der Waals surface area contributed by atoms with E-state index in [-0.39, 0.29) is 23.5 Å². The Morgan fingerprint density at radius 2 is 2.00 bits per heavy atom. The van der Waals surface area contributed by atoms with Crippen LogP contribution in [0, 0.1) is 6.92 Å². The molecular formula is C13H11Cl3N2O3. The zero-order chi connectivity index (χ0) is 15.8. The molecule has 8 heteroatoms. The quantitative estimate of drug-likeness (QED) is 0.484. The number of rotatable bonds is 3. The number of alkyl halides is 3. The number of ketones is 1. The maximum atomic E-state index is 12.1. The van der Waals surface area contributed by atoms with Gasteiger partial charge in [0.05, 0.1) is 17.9 Å². The Morgan fingerprint density at radius 1 is 1.33 bits per heavy atom. The van der Waals surface area contributed by atoms with Crippen LogP contribution in [0.1, 0.15) is 33.5 Å². The lowest BCUT2D eigenvalue weighted by Crippen LogP contribution is -2.21. The number of hydrogen-bond acceptors (Lipinski definition) is 4. The molecule has 0 spiro atoms. The minimum absolute atomic E-state index is 0.121. The van der Waals surface area contributed by atoms with Crippen molar-refractivity contribution in [1.29, 1.82) is 0 Å². The molecule has 112 valence electrons. The van der Waals surface area contributed by atoms with E-state index in [1.165, 1.54) is 16.5 Å². The summed E-state index contributed by atoms with van der Waals surface area (Å²) in [5.41, 5.74) is 1.23. The summed E-state index contributed by atoms with van der Waals surface area (Å²) < 4.78 is 4.33. The number of esters is 1. The first-order valence-corrected chi connectivity index (χ1v) is 7.16. The summed E-state index contributed by atoms with van der Waals surface area (Å²) in [6, 6.07) is 2.84. The van der Waals surface area contributed by atoms with Gasteiger partial charge in [-0.25, -0.2) is 9.78 Å². The molecular weight excluding hydrogens is 339 g/mol. The SMILES string of the molecule is CCOC(=O)c1ccc(C(=O)C(Cl)(Cl)Cl)c2nc(C)cn12. The van der Waals surface area contributed by atoms with Crippen LogP contribution in [0.15, 0.2) is 18.3 Å². The molecule has 0 unspecified atom stereocenters. The predicted octanol–water partition coefficient (Wildman–Crippen LogP) is 3.37. The Morgan fingerprint density at radius 3 is 2.57 bits per heavy atom. The van der Waals surface area contributed by atoms with Crippen LogP contribution in [-0.4, -0.2) is 31.5 Å². The molecule has 0 fully saturated rings. The van der Waals surface area contributed by atoms with Crippen molar-refractivity contribution in [2.75, 3.05) is 6.61 Å². The van der Waals surface area contributed by atoms with E-state index in [1.54, 1.807) is 20.0 Å². The molecule has 0 aliphatic carbocycles. The monoisotopic (exact) mass is 348 g/mol. The number of ether oxygens (including phenoxy) is 1. The number of pyridine rings is 1. The van der Waals surface area contributed by atoms with Gasteiger partial charge in [0, 0.05) is 6.20 Å². The van der Waals surface area contributed by atoms with Crippen LogP contribution < -0.4 is 0 Å². The highest BCUT2D eigenvalue weighted by Crippen LogP contribution is 2.32. The fourth-order valence-corrected chi connectivity index (χ4v) is 2.20. The third kappa shape index (κ3) is 3.15. The van der Waals surface area contributed by atoms with Crippen LogP contribution in [-0.2, 0) is 4.74 Å². The third-order valence-corrected chi connectivity index (χ3v) is 3.24. The topological polar surface area (TPSA) is 60.7 Å². The van der Waals surface area contributed by atoms with Gasteiger partial charge in [-0.15, -0.1) is 0 Å². The summed E-state index contributed by atoms with van der Waals surface area (Å²) >= 11 is 16.9. The molecule has 0 atom stereocenters. The molecule has 0 bridgehead atoms. The average molecular weight is 350 g/mol. The van der Waals surface area contributed by atoms with E-state index in [1.807, 2.05) is 0 Å². The Bertz CT molecular complexity index is 719. The molecule has 0 amide bonds. The molecule has 0 saturated carbocycles. The molecule has 0 saturated heterocycles. The molecule has 0 radical (unpaired) electrons. The van der Waals surface area contributed by atoms with Crippen LogP contribution >= 0.6 is 34.8 Å². The first kappa shape index (κ1) is 16.1. The van der Waals surface area contributed by atoms with E-state index in [0.717, 1.165) is 0 Å². The predicted molar refractivity (Wildman–Crippen MR) is 80.5 cm³/mol. The summed E-state index contributed by atoms with van der Waals surface area (Å²) in [7, 11) is 0. The molecule has 5 nitrogen and oxygen atoms in total. The molecule has 0 aliphatic rings. The Labute approximate surface area is 135 Å². The highest BCUT2D eigenvalue weighted by atomic mass is 35.6. The van der Waals surface area contributed by atoms with Crippen LogP contribution in [0.3, 0.4) is 0 Å². The van der Waals surface area contributed by atoms with Crippen LogP contribution in [0.5, 0.6) is 0 Å². The number of nitrogens with zero attached hydrogens (tertiary/aromatic N) is 2. The van der Waals surface area contributed by atoms with Gasteiger partial charge in [-0.3, -0.25) is 9.20 Å². The van der Waals surface area contributed by atoms with E-state index in [2.05, 4.69) is 4.98 Å². The maximum Gasteiger partial charge on any atom is 0.355 e. The second-order valence-corrected chi connectivity index (χ2v) is 6.54. The van der Waals surface area contributed by atoms with Gasteiger partial charge in [0.2, 0.25) is 5.78 Å². The zero-order valence-corrected chi connectivity index (χ0v) is 13.5. The Kier molecular flexibility index (Phi) is 4.46. The minimum atomic E-state index is -2.09. The van der Waals surface area contributed by atoms with Crippen molar-refractivity contribution in [2.45, 2.75) is 17.6 Å². The normalized spacial score (nSPS) is 11.7. The number of aromatic nitrogens is 2. The smallest absolute Gasteiger partial charge is 0.355 e. The maximum absolute atomic E-state index is 12.1. The summed E-state index contributed by atoms with van der Waals surface area (Å²) in [6.07, 6.45) is 1.61. The highest BCUT2D eigenvalue weighted by molar-refractivity contribution is 6.77. The minimum Gasteiger partial charge on any atom is -0.461 e. The molecule has 2 rings (SSSR count). The average Bonchev–Trinajstić information content (AvgIpc) is 2.77. The fourth-order valence-electron chi connectivity index (χ4n) is 1.89. The lowest BCUT2D eigenvalue weighted by Gasteiger charge is -2.12. The van der Waals surface area contributed by atoms with Gasteiger partial charge in [0.1, 0.15) is 11.3 Å². The van der Waals surface area contributed by atoms with Crippen molar-refractivity contribution in [3.05, 3.63) is 35.3 Å². The number of carbonyl (C=O) groups is 2. The Hall–Kier alpha value is -1.30. The first-order chi connectivity index (χ1) is 9.75. The second-order valence-electron chi connectivity index (χ2n) is 4.26. The van der Waals surface area contributed by atoms with Crippen molar-refractivity contribution in [3.8, 4) is 0 Å². The van der Waals surface area contributed by atoms with Gasteiger partial charge in [0.25, 0.3) is 3.79 Å². The number of Topliss-reactive ketones (excluding diaryl/α,β-unsaturated/α-hetero) is 1. The van der Waals surface area contributed by atoms with Crippen molar-refractivity contribution < 1.29 is 14.3 Å². The number of carbonyl (C=O) groups excluding carboxylic acids is 2. The van der Waals surface area contributed by atoms with Crippen LogP contribution in [0.2, 0.25) is 0 Å². The van der Waals surface area contributed by atoms with E-state index in [4.69, 9.17) is 39.5 Å². The summed E-state index contributed by atoms with van der Waals surface area (Å²) in [5, 5.41) is 0. The molecule has 0 aliphatic heterocycles. The van der Waals surface area contributed by atoms with Gasteiger partial charge < -0.3 is 4.74 Å². The zero-order valence-electron chi connectivity index (χ0n) is 11.2. The van der Waals surface area contributed by atoms with Crippen molar-refractivity contribution >= 4 is 52.2 Å². The lowest BCUT2D eigenvalue weighted by molar-refractivity contribution is 0.0517. The molecule has 0 aromatic carbocycles. The molecule has 2 aromatic heterocycles. The molecule has 2 heterocycles. The van der Waals surface area contributed by atoms with E-state index >= 15 is 0 Å². The van der Waals surface area contributed by atoms with Crippen LogP contribution in [0.25, 0.3) is 5.65 Å². The largest absolute Gasteiger partial charge is 0.461 e. The number of hydrogen-bond donors (Lipinski definition) is 0. The summed E-state index contributed by atoms with van der Waals surface area (Å²) in [5.74, 6) is -1.23. The van der Waals surface area contributed by atoms with Gasteiger partial charge in [-0.1, -0.05) is 34.8 Å². The molecule has 21 heavy (non-hydrogen) atoms. The standard InChI is InChI=1S/C13H11Cl3N2O3/c1-3-21-12(20)9-5-4-8(10(19)13(14,15)16)11-17-7(2)6-18(9)11/h4-6H,3H2,1-2H3. The molecule has 2 aromatic rings. The fraction of sp³-hybridized carbons (Fsp3) is 0.308. The lowest BCUT2D eigenvalue weighted by atomic mass is 10.1. The third-order valence-electron chi connectivity index (χ3n) is 2.72. The molecule has 0 N–H and O–H groups in total. The number of fused-ring (bicyclic) bond motifs is 1. The highest BCUT2D eigenvalue weighted by Gasteiger charge is 2.34. The van der Waals surface area contributed by atoms with E-state index in [9.17, 15) is 9.59 Å². The first-order valence-electron chi connectivity index (χ1n) is 6.03. The van der Waals surface area contributed by atoms with Crippen molar-refractivity contribution in [3.63, 3.8) is 0 Å². The van der Waals surface area contributed by atoms with Crippen molar-refractivity contribution in [2.24, 2.45) is 0 Å². The Balaban J connectivity index is 2.65. The van der Waals surface area contributed by atoms with Gasteiger partial charge in [0.15, 0.2) is 0 Å². The second kappa shape index (κ2) is 5.83. The van der Waals surface area contributed by atoms with E-state index in [0.29, 0.717) is 5.69 Å². The summed E-state index contributed by atoms with van der Waals surface area (Å²) in [6.45, 7) is 3.67. The van der Waals surface area contributed by atoms with E-state index < -0.39 is 15.5 Å². The van der Waals surface area contributed by atoms with Gasteiger partial charge in [-0.05, 0) is 26.0 Å². The number of imidazole rings is 1. The van der Waals surface area contributed by atoms with Gasteiger partial charge >= 0.3 is 5.97 Å². The van der Waals surface area contributed by atoms with Crippen LogP contribution in [0.4, 0.5) is 0 Å². The van der Waals surface area contributed by atoms with Gasteiger partial charge in [-0.2, -0.15) is 0 Å². The number of halogens is 3. The summed E-state index contributed by atoms with van der Waals surface area (Å²) in [4.78, 5) is 28.3. The van der Waals surface area contributed by atoms with Crippen molar-refractivity contribution in [1.82, 2.24) is 9.38 Å².